The number of benzene rings is 2. The summed E-state index contributed by atoms with van der Waals surface area (Å²) in [5.41, 5.74) is 14.3. The van der Waals surface area contributed by atoms with Crippen LogP contribution in [0.25, 0.3) is 5.57 Å². The second-order valence-corrected chi connectivity index (χ2v) is 14.1. The van der Waals surface area contributed by atoms with Crippen molar-refractivity contribution in [1.82, 2.24) is 15.8 Å². The lowest BCUT2D eigenvalue weighted by Crippen LogP contribution is -2.51. The van der Waals surface area contributed by atoms with Gasteiger partial charge < -0.3 is 26.3 Å². The Labute approximate surface area is 300 Å². The van der Waals surface area contributed by atoms with Crippen molar-refractivity contribution in [3.8, 4) is 0 Å². The van der Waals surface area contributed by atoms with Crippen LogP contribution in [0.1, 0.15) is 64.0 Å². The third-order valence-corrected chi connectivity index (χ3v) is 9.86. The number of hydrogen-bond acceptors (Lipinski definition) is 6. The van der Waals surface area contributed by atoms with E-state index in [1.54, 1.807) is 0 Å². The van der Waals surface area contributed by atoms with Gasteiger partial charge in [0.1, 0.15) is 0 Å². The molecular weight excluding hydrogens is 617 g/mol. The maximum Gasteiger partial charge on any atom is 0.226 e. The highest BCUT2D eigenvalue weighted by atomic mass is 15.5. The van der Waals surface area contributed by atoms with E-state index in [0.29, 0.717) is 17.3 Å². The summed E-state index contributed by atoms with van der Waals surface area (Å²) >= 11 is 0. The molecule has 2 aromatic rings. The minimum atomic E-state index is 0.301. The summed E-state index contributed by atoms with van der Waals surface area (Å²) in [7, 11) is 1.87. The summed E-state index contributed by atoms with van der Waals surface area (Å²) < 4.78 is 0. The van der Waals surface area contributed by atoms with Crippen LogP contribution in [0.4, 0.5) is 17.1 Å². The molecule has 2 aromatic carbocycles. The van der Waals surface area contributed by atoms with Crippen LogP contribution >= 0.6 is 0 Å². The smallest absolute Gasteiger partial charge is 0.226 e. The molecule has 1 heterocycles. The van der Waals surface area contributed by atoms with Gasteiger partial charge in [0.05, 0.1) is 0 Å². The highest BCUT2D eigenvalue weighted by Gasteiger charge is 2.27. The van der Waals surface area contributed by atoms with Gasteiger partial charge in [0.25, 0.3) is 0 Å². The summed E-state index contributed by atoms with van der Waals surface area (Å²) in [6.07, 6.45) is 15.0. The van der Waals surface area contributed by atoms with Crippen molar-refractivity contribution in [2.24, 2.45) is 21.3 Å². The predicted molar refractivity (Wildman–Crippen MR) is 215 cm³/mol. The van der Waals surface area contributed by atoms with Crippen LogP contribution in [0, 0.1) is 11.3 Å². The molecule has 0 radical (unpaired) electrons. The van der Waals surface area contributed by atoms with Gasteiger partial charge in [-0.2, -0.15) is 0 Å². The lowest BCUT2D eigenvalue weighted by atomic mass is 9.83. The Morgan fingerprint density at radius 3 is 2.40 bits per heavy atom. The number of nitrogens with zero attached hydrogens (tertiary/aromatic N) is 4. The van der Waals surface area contributed by atoms with Gasteiger partial charge in [-0.25, -0.2) is 15.0 Å². The number of hydrazine groups is 1. The highest BCUT2D eigenvalue weighted by Crippen LogP contribution is 2.38. The number of nitrogens with one attached hydrogen (secondary N) is 4. The van der Waals surface area contributed by atoms with Gasteiger partial charge in [0.2, 0.25) is 5.96 Å². The average Bonchev–Trinajstić information content (AvgIpc) is 3.88. The van der Waals surface area contributed by atoms with Crippen molar-refractivity contribution in [3.63, 3.8) is 0 Å². The standard InChI is InChI=1S/C42H56N8/c1-9-34-27-38(49-21-23-50(24-22-49)48-32(4)28-42(6)19-10-11-20-42)17-18-40(34)47-41(44-8)45-29-39(30(2)25-31(3)43-7)36-13-12-14-37(26-36)46-33(5)35-15-16-35/h10-14,17-18,25-27,29,35,43,46,48H,3-5,8-9,15-16,19-24,28H2,1-2,6-7H3,(H,45,47)/b30-25-,39-29-. The second-order valence-electron chi connectivity index (χ2n) is 14.1. The first-order chi connectivity index (χ1) is 24.1. The van der Waals surface area contributed by atoms with Gasteiger partial charge in [-0.1, -0.05) is 57.9 Å². The molecule has 8 heteroatoms. The molecule has 0 spiro atoms. The van der Waals surface area contributed by atoms with Crippen molar-refractivity contribution in [1.29, 1.82) is 0 Å². The summed E-state index contributed by atoms with van der Waals surface area (Å²) in [4.78, 5) is 11.5. The van der Waals surface area contributed by atoms with Crippen LogP contribution in [0.5, 0.6) is 0 Å². The first-order valence-electron chi connectivity index (χ1n) is 17.9. The average molecular weight is 673 g/mol. The van der Waals surface area contributed by atoms with Gasteiger partial charge in [-0.3, -0.25) is 0 Å². The summed E-state index contributed by atoms with van der Waals surface area (Å²) in [6, 6.07) is 15.0. The number of anilines is 3. The maximum atomic E-state index is 4.81. The monoisotopic (exact) mass is 672 g/mol. The number of guanidine groups is 1. The molecule has 1 saturated carbocycles. The van der Waals surface area contributed by atoms with E-state index in [4.69, 9.17) is 4.99 Å². The molecule has 4 N–H and O–H groups in total. The van der Waals surface area contributed by atoms with Gasteiger partial charge >= 0.3 is 0 Å². The van der Waals surface area contributed by atoms with Crippen LogP contribution in [0.3, 0.4) is 0 Å². The Hall–Kier alpha value is -4.82. The molecular formula is C42H56N8. The van der Waals surface area contributed by atoms with Crippen LogP contribution in [-0.4, -0.2) is 50.9 Å². The molecule has 0 atom stereocenters. The van der Waals surface area contributed by atoms with E-state index in [9.17, 15) is 0 Å². The number of aliphatic imine (C=N–C) groups is 2. The minimum Gasteiger partial charge on any atom is -0.389 e. The summed E-state index contributed by atoms with van der Waals surface area (Å²) in [6.45, 7) is 26.9. The fraction of sp³-hybridized carbons (Fsp3) is 0.381. The molecule has 0 aromatic heterocycles. The van der Waals surface area contributed by atoms with Crippen molar-refractivity contribution >= 4 is 35.3 Å². The Morgan fingerprint density at radius 1 is 1.00 bits per heavy atom. The predicted octanol–water partition coefficient (Wildman–Crippen LogP) is 8.66. The van der Waals surface area contributed by atoms with E-state index in [1.807, 2.05) is 19.3 Å². The molecule has 50 heavy (non-hydrogen) atoms. The number of likely N-dealkylation sites (N-methyl/N-ethyl adjacent to an activating group) is 1. The quantitative estimate of drug-likeness (QED) is 0.0657. The highest BCUT2D eigenvalue weighted by molar-refractivity contribution is 5.98. The minimum absolute atomic E-state index is 0.301. The molecule has 2 fully saturated rings. The Morgan fingerprint density at radius 2 is 1.74 bits per heavy atom. The van der Waals surface area contributed by atoms with E-state index in [2.05, 4.69) is 138 Å². The topological polar surface area (TPSA) is 79.3 Å². The van der Waals surface area contributed by atoms with Crippen molar-refractivity contribution < 1.29 is 0 Å². The van der Waals surface area contributed by atoms with Crippen LogP contribution in [0.2, 0.25) is 0 Å². The van der Waals surface area contributed by atoms with Crippen LogP contribution in [-0.2, 0) is 6.42 Å². The Bertz CT molecular complexity index is 1690. The molecule has 0 unspecified atom stereocenters. The van der Waals surface area contributed by atoms with Gasteiger partial charge in [0, 0.05) is 79.2 Å². The first-order valence-corrected chi connectivity index (χ1v) is 17.9. The molecule has 0 amide bonds. The van der Waals surface area contributed by atoms with E-state index in [0.717, 1.165) is 97.0 Å². The van der Waals surface area contributed by atoms with E-state index < -0.39 is 0 Å². The van der Waals surface area contributed by atoms with Crippen molar-refractivity contribution in [2.75, 3.05) is 48.8 Å². The number of rotatable bonds is 15. The normalized spacial score (nSPS) is 18.1. The maximum absolute atomic E-state index is 4.81. The van der Waals surface area contributed by atoms with Gasteiger partial charge in [0.15, 0.2) is 0 Å². The molecule has 0 bridgehead atoms. The zero-order valence-corrected chi connectivity index (χ0v) is 30.6. The zero-order valence-electron chi connectivity index (χ0n) is 30.6. The van der Waals surface area contributed by atoms with Crippen molar-refractivity contribution in [3.05, 3.63) is 120 Å². The molecule has 1 saturated heterocycles. The van der Waals surface area contributed by atoms with Crippen LogP contribution < -0.4 is 26.3 Å². The lowest BCUT2D eigenvalue weighted by molar-refractivity contribution is 0.187. The third-order valence-electron chi connectivity index (χ3n) is 9.86. The molecule has 8 nitrogen and oxygen atoms in total. The molecule has 1 aliphatic heterocycles. The zero-order chi connectivity index (χ0) is 35.7. The van der Waals surface area contributed by atoms with E-state index in [1.165, 1.54) is 24.1 Å². The molecule has 2 aliphatic carbocycles. The third kappa shape index (κ3) is 9.88. The van der Waals surface area contributed by atoms with Gasteiger partial charge in [-0.15, -0.1) is 0 Å². The SMILES string of the molecule is C=N\C(=N/C=C(/C(C)=C\C(=C)NC)c1cccc(NC(=C)C2CC2)c1)Nc1ccc(N2CCN(NC(=C)CC3(C)CC=CC3)CC2)cc1CC. The molecule has 3 aliphatic rings. The fourth-order valence-electron chi connectivity index (χ4n) is 6.67. The second kappa shape index (κ2) is 16.7. The summed E-state index contributed by atoms with van der Waals surface area (Å²) in [5.74, 6) is 1.00. The van der Waals surface area contributed by atoms with E-state index in [-0.39, 0.29) is 0 Å². The number of aryl methyl sites for hydroxylation is 1. The Balaban J connectivity index is 1.27. The largest absolute Gasteiger partial charge is 0.389 e. The fourth-order valence-corrected chi connectivity index (χ4v) is 6.67. The first kappa shape index (κ1) is 36.5. The number of piperazine rings is 1. The summed E-state index contributed by atoms with van der Waals surface area (Å²) in [5, 5.41) is 12.4. The lowest BCUT2D eigenvalue weighted by Gasteiger charge is -2.38. The number of allylic oxidation sites excluding steroid dienone is 7. The Kier molecular flexibility index (Phi) is 12.2. The van der Waals surface area contributed by atoms with Crippen LogP contribution in [0.15, 0.2) is 119 Å². The van der Waals surface area contributed by atoms with Gasteiger partial charge in [-0.05, 0) is 117 Å². The number of hydrogen-bond donors (Lipinski definition) is 4. The molecule has 264 valence electrons. The van der Waals surface area contributed by atoms with E-state index >= 15 is 0 Å². The molecule has 5 rings (SSSR count). The van der Waals surface area contributed by atoms with Crippen molar-refractivity contribution in [2.45, 2.75) is 59.3 Å².